The number of fused-ring (bicyclic) bond motifs is 1. The van der Waals surface area contributed by atoms with E-state index in [1.807, 2.05) is 42.5 Å². The van der Waals surface area contributed by atoms with Crippen LogP contribution in [0.4, 0.5) is 11.5 Å². The van der Waals surface area contributed by atoms with E-state index < -0.39 is 0 Å². The summed E-state index contributed by atoms with van der Waals surface area (Å²) >= 11 is 0. The van der Waals surface area contributed by atoms with Gasteiger partial charge in [-0.05, 0) is 41.8 Å². The normalized spacial score (nSPS) is 11.3. The maximum atomic E-state index is 11.1. The van der Waals surface area contributed by atoms with Crippen LogP contribution in [0.25, 0.3) is 10.9 Å². The Kier molecular flexibility index (Phi) is 4.63. The van der Waals surface area contributed by atoms with Crippen molar-refractivity contribution in [3.63, 3.8) is 0 Å². The van der Waals surface area contributed by atoms with E-state index in [4.69, 9.17) is 0 Å². The van der Waals surface area contributed by atoms with Crippen molar-refractivity contribution in [2.75, 3.05) is 5.32 Å². The van der Waals surface area contributed by atoms with E-state index in [-0.39, 0.29) is 11.8 Å². The number of benzene rings is 2. The zero-order valence-corrected chi connectivity index (χ0v) is 15.2. The van der Waals surface area contributed by atoms with E-state index in [1.165, 1.54) is 6.92 Å². The second-order valence-corrected chi connectivity index (χ2v) is 6.52. The minimum Gasteiger partial charge on any atom is -0.494 e. The molecule has 0 aliphatic rings. The molecule has 0 spiro atoms. The van der Waals surface area contributed by atoms with E-state index in [2.05, 4.69) is 25.5 Å². The van der Waals surface area contributed by atoms with E-state index in [9.17, 15) is 9.90 Å². The first-order valence-electron chi connectivity index (χ1n) is 8.82. The van der Waals surface area contributed by atoms with E-state index in [0.717, 1.165) is 34.1 Å². The Morgan fingerprint density at radius 1 is 1.18 bits per heavy atom. The molecule has 1 amide bonds. The van der Waals surface area contributed by atoms with Gasteiger partial charge in [-0.2, -0.15) is 5.10 Å². The van der Waals surface area contributed by atoms with Gasteiger partial charge in [-0.3, -0.25) is 9.89 Å². The molecule has 0 bridgehead atoms. The van der Waals surface area contributed by atoms with Gasteiger partial charge in [-0.15, -0.1) is 0 Å². The summed E-state index contributed by atoms with van der Waals surface area (Å²) in [5.41, 5.74) is 4.48. The molecule has 4 aromatic rings. The third-order valence-electron chi connectivity index (χ3n) is 4.38. The van der Waals surface area contributed by atoms with Crippen LogP contribution in [0.1, 0.15) is 23.6 Å². The van der Waals surface area contributed by atoms with Crippen LogP contribution in [0.2, 0.25) is 0 Å². The minimum absolute atomic E-state index is 0.0788. The largest absolute Gasteiger partial charge is 0.494 e. The lowest BCUT2D eigenvalue weighted by atomic mass is 10.0. The fourth-order valence-corrected chi connectivity index (χ4v) is 3.09. The number of hydrogen-bond acceptors (Lipinski definition) is 4. The number of carbonyl (C=O) groups is 1. The molecule has 140 valence electrons. The summed E-state index contributed by atoms with van der Waals surface area (Å²) in [4.78, 5) is 18.4. The number of aromatic hydroxyl groups is 1. The molecule has 0 radical (unpaired) electrons. The highest BCUT2D eigenvalue weighted by molar-refractivity contribution is 6.02. The Hall–Kier alpha value is -3.87. The molecular weight excluding hydrogens is 354 g/mol. The molecule has 2 aromatic carbocycles. The number of rotatable bonds is 5. The molecule has 4 N–H and O–H groups in total. The summed E-state index contributed by atoms with van der Waals surface area (Å²) in [6.07, 6.45) is 3.98. The number of carbonyl (C=O) groups excluding carboxylic acids is 1. The van der Waals surface area contributed by atoms with Crippen LogP contribution in [-0.4, -0.2) is 32.4 Å². The molecule has 7 nitrogen and oxygen atoms in total. The highest BCUT2D eigenvalue weighted by atomic mass is 16.3. The molecule has 0 saturated heterocycles. The second-order valence-electron chi connectivity index (χ2n) is 6.52. The molecule has 28 heavy (non-hydrogen) atoms. The fourth-order valence-electron chi connectivity index (χ4n) is 3.09. The lowest BCUT2D eigenvalue weighted by Crippen LogP contribution is -2.05. The smallest absolute Gasteiger partial charge is 0.221 e. The van der Waals surface area contributed by atoms with Gasteiger partial charge >= 0.3 is 0 Å². The van der Waals surface area contributed by atoms with E-state index >= 15 is 0 Å². The summed E-state index contributed by atoms with van der Waals surface area (Å²) in [6.45, 7) is 1.49. The summed E-state index contributed by atoms with van der Waals surface area (Å²) < 4.78 is 0. The average molecular weight is 373 g/mol. The van der Waals surface area contributed by atoms with Crippen LogP contribution in [-0.2, 0) is 11.2 Å². The van der Waals surface area contributed by atoms with E-state index in [0.29, 0.717) is 11.4 Å². The third kappa shape index (κ3) is 3.78. The van der Waals surface area contributed by atoms with Crippen molar-refractivity contribution in [3.8, 4) is 5.88 Å². The van der Waals surface area contributed by atoms with Crippen LogP contribution >= 0.6 is 0 Å². The number of aliphatic imine (C=N–C) groups is 1. The quantitative estimate of drug-likeness (QED) is 0.399. The van der Waals surface area contributed by atoms with Crippen molar-refractivity contribution in [3.05, 3.63) is 71.4 Å². The van der Waals surface area contributed by atoms with E-state index in [1.54, 1.807) is 18.5 Å². The molecular formula is C21H19N5O2. The van der Waals surface area contributed by atoms with Crippen molar-refractivity contribution in [2.45, 2.75) is 13.3 Å². The van der Waals surface area contributed by atoms with Crippen molar-refractivity contribution in [2.24, 2.45) is 4.99 Å². The number of amides is 1. The maximum Gasteiger partial charge on any atom is 0.221 e. The highest BCUT2D eigenvalue weighted by Crippen LogP contribution is 2.28. The lowest BCUT2D eigenvalue weighted by molar-refractivity contribution is -0.114. The van der Waals surface area contributed by atoms with Gasteiger partial charge in [0.15, 0.2) is 5.88 Å². The topological polar surface area (TPSA) is 106 Å². The van der Waals surface area contributed by atoms with Crippen molar-refractivity contribution in [1.29, 1.82) is 0 Å². The molecule has 7 heteroatoms. The van der Waals surface area contributed by atoms with Gasteiger partial charge in [0.25, 0.3) is 0 Å². The van der Waals surface area contributed by atoms with Crippen LogP contribution in [0.15, 0.2) is 59.7 Å². The number of nitrogens with zero attached hydrogens (tertiary/aromatic N) is 2. The zero-order chi connectivity index (χ0) is 19.5. The summed E-state index contributed by atoms with van der Waals surface area (Å²) in [6, 6.07) is 15.5. The second kappa shape index (κ2) is 7.40. The molecule has 2 heterocycles. The molecule has 0 saturated carbocycles. The van der Waals surface area contributed by atoms with Gasteiger partial charge in [-0.25, -0.2) is 4.99 Å². The molecule has 0 aliphatic heterocycles. The van der Waals surface area contributed by atoms with Gasteiger partial charge in [0.05, 0.1) is 11.8 Å². The van der Waals surface area contributed by atoms with Gasteiger partial charge in [-0.1, -0.05) is 18.2 Å². The Bertz CT molecular complexity index is 1140. The molecule has 2 aromatic heterocycles. The Morgan fingerprint density at radius 3 is 2.68 bits per heavy atom. The lowest BCUT2D eigenvalue weighted by Gasteiger charge is -2.05. The van der Waals surface area contributed by atoms with Gasteiger partial charge in [0.2, 0.25) is 5.91 Å². The number of hydrogen-bond donors (Lipinski definition) is 4. The third-order valence-corrected chi connectivity index (χ3v) is 4.38. The maximum absolute atomic E-state index is 11.1. The molecule has 0 atom stereocenters. The van der Waals surface area contributed by atoms with Gasteiger partial charge in [0, 0.05) is 35.8 Å². The summed E-state index contributed by atoms with van der Waals surface area (Å²) in [5.74, 6) is 0.606. The monoisotopic (exact) mass is 373 g/mol. The summed E-state index contributed by atoms with van der Waals surface area (Å²) in [7, 11) is 0. The molecule has 0 fully saturated rings. The van der Waals surface area contributed by atoms with Crippen molar-refractivity contribution < 1.29 is 9.90 Å². The van der Waals surface area contributed by atoms with Crippen LogP contribution in [0, 0.1) is 0 Å². The predicted octanol–water partition coefficient (Wildman–Crippen LogP) is 3.90. The van der Waals surface area contributed by atoms with Crippen LogP contribution in [0.5, 0.6) is 5.88 Å². The number of nitrogens with one attached hydrogen (secondary N) is 3. The van der Waals surface area contributed by atoms with Crippen LogP contribution in [0.3, 0.4) is 0 Å². The first-order chi connectivity index (χ1) is 13.6. The van der Waals surface area contributed by atoms with Gasteiger partial charge < -0.3 is 15.4 Å². The molecule has 0 aliphatic carbocycles. The standard InChI is InChI=1S/C21H19N5O2/c1-13(27)24-16-5-2-14(3-6-16)10-15-4-7-19-17(11-15)18(21(28)25-19)12-22-20-8-9-23-26-20/h2-9,11-12,25,28H,10H2,1H3,(H,23,26)(H,24,27)/b22-12+. The first kappa shape index (κ1) is 17.5. The van der Waals surface area contributed by atoms with Gasteiger partial charge in [0.1, 0.15) is 5.82 Å². The first-order valence-corrected chi connectivity index (χ1v) is 8.82. The van der Waals surface area contributed by atoms with Crippen molar-refractivity contribution in [1.82, 2.24) is 15.2 Å². The fraction of sp³-hybridized carbons (Fsp3) is 0.0952. The summed E-state index contributed by atoms with van der Waals surface area (Å²) in [5, 5.41) is 20.5. The molecule has 0 unspecified atom stereocenters. The van der Waals surface area contributed by atoms with Crippen LogP contribution < -0.4 is 5.32 Å². The SMILES string of the molecule is CC(=O)Nc1ccc(Cc2ccc3[nH]c(O)c(/C=N/c4ccn[nH]4)c3c2)cc1. The highest BCUT2D eigenvalue weighted by Gasteiger charge is 2.10. The zero-order valence-electron chi connectivity index (χ0n) is 15.2. The predicted molar refractivity (Wildman–Crippen MR) is 109 cm³/mol. The Balaban J connectivity index is 1.60. The Morgan fingerprint density at radius 2 is 1.96 bits per heavy atom. The number of anilines is 1. The average Bonchev–Trinajstić information content (AvgIpc) is 3.28. The van der Waals surface area contributed by atoms with Crippen molar-refractivity contribution >= 4 is 34.5 Å². The number of aromatic nitrogens is 3. The number of H-pyrrole nitrogens is 2. The Labute approximate surface area is 161 Å². The molecule has 4 rings (SSSR count). The minimum atomic E-state index is -0.0882. The number of aromatic amines is 2.